The van der Waals surface area contributed by atoms with Crippen molar-refractivity contribution in [2.24, 2.45) is 23.2 Å². The van der Waals surface area contributed by atoms with Gasteiger partial charge < -0.3 is 0 Å². The van der Waals surface area contributed by atoms with Crippen LogP contribution < -0.4 is 0 Å². The van der Waals surface area contributed by atoms with Gasteiger partial charge >= 0.3 is 0 Å². The lowest BCUT2D eigenvalue weighted by Crippen LogP contribution is -2.41. The maximum atomic E-state index is 2.54. The van der Waals surface area contributed by atoms with Crippen molar-refractivity contribution in [1.29, 1.82) is 0 Å². The molecule has 0 aliphatic heterocycles. The summed E-state index contributed by atoms with van der Waals surface area (Å²) in [5.74, 6) is 2.87. The van der Waals surface area contributed by atoms with Crippen molar-refractivity contribution in [3.8, 4) is 0 Å². The Morgan fingerprint density at radius 2 is 2.16 bits per heavy atom. The minimum Gasteiger partial charge on any atom is -0.0877 e. The van der Waals surface area contributed by atoms with Crippen LogP contribution in [0.2, 0.25) is 0 Å². The van der Waals surface area contributed by atoms with Crippen molar-refractivity contribution in [3.63, 3.8) is 0 Å². The molecule has 0 aromatic heterocycles. The van der Waals surface area contributed by atoms with Gasteiger partial charge in [0.05, 0.1) is 0 Å². The SMILES string of the molecule is CC1=CCC2=C(CCC3C2CCC2(C)C=CCC32)C1. The zero-order valence-electron chi connectivity index (χ0n) is 12.4. The topological polar surface area (TPSA) is 0 Å². The Hall–Kier alpha value is -0.780. The van der Waals surface area contributed by atoms with E-state index in [0.717, 1.165) is 17.8 Å². The third-order valence-electron chi connectivity index (χ3n) is 6.61. The highest BCUT2D eigenvalue weighted by molar-refractivity contribution is 5.34. The second-order valence-corrected chi connectivity index (χ2v) is 7.66. The number of allylic oxidation sites excluding steroid dienone is 6. The number of hydrogen-bond donors (Lipinski definition) is 0. The Bertz CT molecular complexity index is 490. The van der Waals surface area contributed by atoms with Gasteiger partial charge in [0.1, 0.15) is 0 Å². The van der Waals surface area contributed by atoms with Crippen LogP contribution >= 0.6 is 0 Å². The summed E-state index contributed by atoms with van der Waals surface area (Å²) in [5, 5.41) is 0. The second kappa shape index (κ2) is 4.11. The third kappa shape index (κ3) is 1.72. The molecule has 0 bridgehead atoms. The molecule has 1 fully saturated rings. The normalized spacial score (nSPS) is 44.5. The van der Waals surface area contributed by atoms with E-state index in [9.17, 15) is 0 Å². The highest BCUT2D eigenvalue weighted by atomic mass is 14.5. The molecule has 0 N–H and O–H groups in total. The van der Waals surface area contributed by atoms with E-state index in [0.29, 0.717) is 5.41 Å². The van der Waals surface area contributed by atoms with Crippen molar-refractivity contribution in [1.82, 2.24) is 0 Å². The van der Waals surface area contributed by atoms with Crippen LogP contribution in [0.5, 0.6) is 0 Å². The van der Waals surface area contributed by atoms with Gasteiger partial charge in [-0.05, 0) is 75.0 Å². The van der Waals surface area contributed by atoms with E-state index in [2.05, 4.69) is 32.1 Å². The van der Waals surface area contributed by atoms with Crippen LogP contribution in [0.25, 0.3) is 0 Å². The summed E-state index contributed by atoms with van der Waals surface area (Å²) in [5.41, 5.74) is 5.85. The smallest absolute Gasteiger partial charge is 0.0108 e. The van der Waals surface area contributed by atoms with E-state index in [-0.39, 0.29) is 0 Å². The maximum absolute atomic E-state index is 2.54. The Kier molecular flexibility index (Phi) is 2.59. The van der Waals surface area contributed by atoms with Crippen molar-refractivity contribution in [2.75, 3.05) is 0 Å². The van der Waals surface area contributed by atoms with Crippen molar-refractivity contribution >= 4 is 0 Å². The molecule has 0 heterocycles. The molecule has 0 amide bonds. The lowest BCUT2D eigenvalue weighted by Gasteiger charge is -2.50. The van der Waals surface area contributed by atoms with Crippen LogP contribution in [0, 0.1) is 23.2 Å². The first-order valence-corrected chi connectivity index (χ1v) is 8.21. The fourth-order valence-corrected chi connectivity index (χ4v) is 5.56. The molecule has 0 heteroatoms. The molecular formula is C19H26. The molecule has 0 aromatic carbocycles. The van der Waals surface area contributed by atoms with Gasteiger partial charge in [-0.1, -0.05) is 41.9 Å². The zero-order chi connectivity index (χ0) is 13.0. The van der Waals surface area contributed by atoms with Crippen LogP contribution in [-0.2, 0) is 0 Å². The van der Waals surface area contributed by atoms with Crippen LogP contribution in [0.3, 0.4) is 0 Å². The van der Waals surface area contributed by atoms with E-state index in [4.69, 9.17) is 0 Å². The fraction of sp³-hybridized carbons (Fsp3) is 0.684. The molecule has 102 valence electrons. The number of rotatable bonds is 0. The van der Waals surface area contributed by atoms with Gasteiger partial charge in [0, 0.05) is 0 Å². The average molecular weight is 254 g/mol. The lowest BCUT2D eigenvalue weighted by atomic mass is 9.55. The van der Waals surface area contributed by atoms with E-state index >= 15 is 0 Å². The molecule has 4 rings (SSSR count). The first kappa shape index (κ1) is 12.0. The monoisotopic (exact) mass is 254 g/mol. The van der Waals surface area contributed by atoms with Gasteiger partial charge in [-0.25, -0.2) is 0 Å². The minimum atomic E-state index is 0.541. The summed E-state index contributed by atoms with van der Waals surface area (Å²) < 4.78 is 0. The predicted molar refractivity (Wildman–Crippen MR) is 80.8 cm³/mol. The van der Waals surface area contributed by atoms with Gasteiger partial charge in [-0.3, -0.25) is 0 Å². The van der Waals surface area contributed by atoms with Crippen LogP contribution in [0.15, 0.2) is 34.9 Å². The molecule has 4 atom stereocenters. The first-order chi connectivity index (χ1) is 9.17. The van der Waals surface area contributed by atoms with Crippen molar-refractivity contribution in [2.45, 2.75) is 58.8 Å². The Labute approximate surface area is 117 Å². The highest BCUT2D eigenvalue weighted by Crippen LogP contribution is 2.58. The predicted octanol–water partition coefficient (Wildman–Crippen LogP) is 5.43. The summed E-state index contributed by atoms with van der Waals surface area (Å²) in [6.07, 6.45) is 17.2. The molecule has 4 unspecified atom stereocenters. The molecule has 0 radical (unpaired) electrons. The summed E-state index contributed by atoms with van der Waals surface area (Å²) in [6, 6.07) is 0. The fourth-order valence-electron chi connectivity index (χ4n) is 5.56. The summed E-state index contributed by atoms with van der Waals surface area (Å²) in [4.78, 5) is 0. The number of fused-ring (bicyclic) bond motifs is 4. The Morgan fingerprint density at radius 3 is 3.05 bits per heavy atom. The Morgan fingerprint density at radius 1 is 1.26 bits per heavy atom. The summed E-state index contributed by atoms with van der Waals surface area (Å²) in [6.45, 7) is 4.83. The highest BCUT2D eigenvalue weighted by Gasteiger charge is 2.48. The molecule has 0 saturated heterocycles. The molecular weight excluding hydrogens is 228 g/mol. The lowest BCUT2D eigenvalue weighted by molar-refractivity contribution is 0.0634. The zero-order valence-corrected chi connectivity index (χ0v) is 12.4. The van der Waals surface area contributed by atoms with Crippen LogP contribution in [-0.4, -0.2) is 0 Å². The van der Waals surface area contributed by atoms with Gasteiger partial charge in [-0.15, -0.1) is 0 Å². The van der Waals surface area contributed by atoms with Gasteiger partial charge in [0.25, 0.3) is 0 Å². The summed E-state index contributed by atoms with van der Waals surface area (Å²) in [7, 11) is 0. The van der Waals surface area contributed by atoms with E-state index in [1.807, 2.05) is 11.1 Å². The van der Waals surface area contributed by atoms with Crippen molar-refractivity contribution in [3.05, 3.63) is 34.9 Å². The molecule has 4 aliphatic rings. The van der Waals surface area contributed by atoms with Gasteiger partial charge in [0.2, 0.25) is 0 Å². The molecule has 1 saturated carbocycles. The minimum absolute atomic E-state index is 0.541. The average Bonchev–Trinajstić information content (AvgIpc) is 2.79. The third-order valence-corrected chi connectivity index (χ3v) is 6.61. The van der Waals surface area contributed by atoms with E-state index < -0.39 is 0 Å². The second-order valence-electron chi connectivity index (χ2n) is 7.66. The molecule has 4 aliphatic carbocycles. The maximum Gasteiger partial charge on any atom is -0.0108 e. The largest absolute Gasteiger partial charge is 0.0877 e. The molecule has 19 heavy (non-hydrogen) atoms. The Balaban J connectivity index is 1.65. The van der Waals surface area contributed by atoms with Crippen LogP contribution in [0.1, 0.15) is 58.8 Å². The first-order valence-electron chi connectivity index (χ1n) is 8.21. The van der Waals surface area contributed by atoms with Gasteiger partial charge in [0.15, 0.2) is 0 Å². The van der Waals surface area contributed by atoms with Gasteiger partial charge in [-0.2, -0.15) is 0 Å². The van der Waals surface area contributed by atoms with E-state index in [1.54, 1.807) is 5.57 Å². The quantitative estimate of drug-likeness (QED) is 0.506. The van der Waals surface area contributed by atoms with Crippen LogP contribution in [0.4, 0.5) is 0 Å². The number of hydrogen-bond acceptors (Lipinski definition) is 0. The summed E-state index contributed by atoms with van der Waals surface area (Å²) >= 11 is 0. The standard InChI is InChI=1S/C19H26/c1-13-5-7-15-14(12-13)6-8-17-16(15)9-11-19(2)10-3-4-18(17)19/h3,5,10,16-18H,4,6-9,11-12H2,1-2H3. The molecule has 0 spiro atoms. The van der Waals surface area contributed by atoms with E-state index in [1.165, 1.54) is 44.9 Å². The van der Waals surface area contributed by atoms with Crippen molar-refractivity contribution < 1.29 is 0 Å². The molecule has 0 nitrogen and oxygen atoms in total. The molecule has 0 aromatic rings.